The van der Waals surface area contributed by atoms with Crippen LogP contribution in [0.3, 0.4) is 0 Å². The molecule has 1 heterocycles. The van der Waals surface area contributed by atoms with Crippen LogP contribution in [0.15, 0.2) is 64.4 Å². The molecule has 132 valence electrons. The zero-order chi connectivity index (χ0) is 17.9. The molecule has 2 aromatic rings. The number of carbonyl (C=O) groups is 1. The topological polar surface area (TPSA) is 54.5 Å². The second kappa shape index (κ2) is 7.62. The average Bonchev–Trinajstić information content (AvgIpc) is 3.14. The summed E-state index contributed by atoms with van der Waals surface area (Å²) < 4.78 is 25.5. The van der Waals surface area contributed by atoms with E-state index in [1.165, 1.54) is 0 Å². The molecule has 0 unspecified atom stereocenters. The van der Waals surface area contributed by atoms with Gasteiger partial charge in [-0.2, -0.15) is 0 Å². The second-order valence-corrected chi connectivity index (χ2v) is 9.48. The van der Waals surface area contributed by atoms with Gasteiger partial charge < -0.3 is 4.90 Å². The summed E-state index contributed by atoms with van der Waals surface area (Å²) in [5.41, 5.74) is 0.659. The van der Waals surface area contributed by atoms with Crippen LogP contribution in [0.25, 0.3) is 0 Å². The number of nitrogens with zero attached hydrogens (tertiary/aromatic N) is 1. The Labute approximate surface area is 153 Å². The van der Waals surface area contributed by atoms with Crippen molar-refractivity contribution in [1.82, 2.24) is 4.90 Å². The summed E-state index contributed by atoms with van der Waals surface area (Å²) in [6.45, 7) is 2.77. The predicted molar refractivity (Wildman–Crippen MR) is 101 cm³/mol. The number of benzene rings is 2. The molecule has 0 bridgehead atoms. The van der Waals surface area contributed by atoms with Crippen molar-refractivity contribution in [3.63, 3.8) is 0 Å². The first-order valence-electron chi connectivity index (χ1n) is 8.34. The third-order valence-electron chi connectivity index (χ3n) is 4.36. The van der Waals surface area contributed by atoms with Gasteiger partial charge in [0.05, 0.1) is 15.7 Å². The van der Waals surface area contributed by atoms with Crippen LogP contribution >= 0.6 is 11.8 Å². The first-order valence-corrected chi connectivity index (χ1v) is 10.9. The second-order valence-electron chi connectivity index (χ2n) is 5.95. The van der Waals surface area contributed by atoms with Crippen molar-refractivity contribution in [2.75, 3.05) is 18.8 Å². The van der Waals surface area contributed by atoms with Crippen molar-refractivity contribution >= 4 is 27.5 Å². The van der Waals surface area contributed by atoms with Crippen molar-refractivity contribution in [1.29, 1.82) is 0 Å². The van der Waals surface area contributed by atoms with Gasteiger partial charge in [0.2, 0.25) is 0 Å². The van der Waals surface area contributed by atoms with Crippen LogP contribution in [0.4, 0.5) is 0 Å². The molecule has 1 aliphatic heterocycles. The lowest BCUT2D eigenvalue weighted by Crippen LogP contribution is -2.32. The molecular weight excluding hydrogens is 354 g/mol. The fourth-order valence-corrected chi connectivity index (χ4v) is 5.57. The maximum absolute atomic E-state index is 12.9. The number of likely N-dealkylation sites (tertiary alicyclic amines) is 1. The minimum atomic E-state index is -3.41. The molecule has 1 atom stereocenters. The fourth-order valence-electron chi connectivity index (χ4n) is 3.06. The number of hydrogen-bond acceptors (Lipinski definition) is 4. The van der Waals surface area contributed by atoms with Gasteiger partial charge in [0.1, 0.15) is 0 Å². The summed E-state index contributed by atoms with van der Waals surface area (Å²) in [7, 11) is -3.41. The summed E-state index contributed by atoms with van der Waals surface area (Å²) in [5, 5.41) is -0.537. The minimum absolute atomic E-state index is 0.0812. The van der Waals surface area contributed by atoms with Crippen molar-refractivity contribution in [3.05, 3.63) is 60.2 Å². The molecule has 6 heteroatoms. The first-order chi connectivity index (χ1) is 12.0. The average molecular weight is 376 g/mol. The normalized spacial score (nSPS) is 17.6. The molecule has 1 aliphatic rings. The van der Waals surface area contributed by atoms with E-state index in [1.54, 1.807) is 47.0 Å². The number of rotatable bonds is 5. The van der Waals surface area contributed by atoms with Crippen LogP contribution in [0.5, 0.6) is 0 Å². The zero-order valence-corrected chi connectivity index (χ0v) is 15.7. The van der Waals surface area contributed by atoms with Crippen LogP contribution in [-0.2, 0) is 9.84 Å². The summed E-state index contributed by atoms with van der Waals surface area (Å²) in [6.07, 6.45) is 0.478. The maximum atomic E-state index is 12.9. The maximum Gasteiger partial charge on any atom is 0.255 e. The number of amides is 1. The van der Waals surface area contributed by atoms with Gasteiger partial charge in [-0.25, -0.2) is 8.42 Å². The lowest BCUT2D eigenvalue weighted by molar-refractivity contribution is 0.0790. The van der Waals surface area contributed by atoms with E-state index in [0.717, 1.165) is 10.6 Å². The zero-order valence-electron chi connectivity index (χ0n) is 14.1. The van der Waals surface area contributed by atoms with Gasteiger partial charge in [0, 0.05) is 18.0 Å². The highest BCUT2D eigenvalue weighted by Gasteiger charge is 2.36. The van der Waals surface area contributed by atoms with E-state index in [2.05, 4.69) is 0 Å². The Hall–Kier alpha value is -1.79. The lowest BCUT2D eigenvalue weighted by atomic mass is 10.2. The van der Waals surface area contributed by atoms with Gasteiger partial charge in [-0.15, -0.1) is 11.8 Å². The van der Waals surface area contributed by atoms with Gasteiger partial charge >= 0.3 is 0 Å². The molecular formula is C19H21NO3S2. The third kappa shape index (κ3) is 3.75. The number of carbonyl (C=O) groups excluding carboxylic acids is 1. The SMILES string of the molecule is CCSc1ccccc1C(=O)N1CC[C@@H](S(=O)(=O)c2ccccc2)C1. The molecule has 0 spiro atoms. The smallest absolute Gasteiger partial charge is 0.255 e. The van der Waals surface area contributed by atoms with Gasteiger partial charge in [0.25, 0.3) is 5.91 Å². The van der Waals surface area contributed by atoms with Gasteiger partial charge in [-0.3, -0.25) is 4.79 Å². The Kier molecular flexibility index (Phi) is 5.49. The van der Waals surface area contributed by atoms with E-state index in [4.69, 9.17) is 0 Å². The summed E-state index contributed by atoms with van der Waals surface area (Å²) >= 11 is 1.63. The summed E-state index contributed by atoms with van der Waals surface area (Å²) in [5.74, 6) is 0.803. The van der Waals surface area contributed by atoms with Crippen LogP contribution < -0.4 is 0 Å². The molecule has 1 fully saturated rings. The van der Waals surface area contributed by atoms with Crippen molar-refractivity contribution < 1.29 is 13.2 Å². The first kappa shape index (κ1) is 18.0. The highest BCUT2D eigenvalue weighted by molar-refractivity contribution is 7.99. The molecule has 1 saturated heterocycles. The highest BCUT2D eigenvalue weighted by Crippen LogP contribution is 2.28. The van der Waals surface area contributed by atoms with E-state index in [1.807, 2.05) is 31.2 Å². The van der Waals surface area contributed by atoms with E-state index in [9.17, 15) is 13.2 Å². The Morgan fingerprint density at radius 1 is 1.12 bits per heavy atom. The van der Waals surface area contributed by atoms with E-state index in [0.29, 0.717) is 23.4 Å². The third-order valence-corrected chi connectivity index (χ3v) is 7.51. The lowest BCUT2D eigenvalue weighted by Gasteiger charge is -2.18. The number of thioether (sulfide) groups is 1. The Balaban J connectivity index is 1.78. The summed E-state index contributed by atoms with van der Waals surface area (Å²) in [6, 6.07) is 16.0. The van der Waals surface area contributed by atoms with Crippen LogP contribution in [0, 0.1) is 0 Å². The summed E-state index contributed by atoms with van der Waals surface area (Å²) in [4.78, 5) is 15.8. The predicted octanol–water partition coefficient (Wildman–Crippen LogP) is 3.49. The molecule has 0 aliphatic carbocycles. The molecule has 4 nitrogen and oxygen atoms in total. The molecule has 0 saturated carbocycles. The van der Waals surface area contributed by atoms with Crippen molar-refractivity contribution in [2.24, 2.45) is 0 Å². The van der Waals surface area contributed by atoms with Crippen LogP contribution in [0.2, 0.25) is 0 Å². The Bertz CT molecular complexity index is 850. The fraction of sp³-hybridized carbons (Fsp3) is 0.316. The van der Waals surface area contributed by atoms with Crippen LogP contribution in [0.1, 0.15) is 23.7 Å². The van der Waals surface area contributed by atoms with Crippen molar-refractivity contribution in [2.45, 2.75) is 28.4 Å². The van der Waals surface area contributed by atoms with Gasteiger partial charge in [-0.05, 0) is 36.4 Å². The quantitative estimate of drug-likeness (QED) is 0.751. The van der Waals surface area contributed by atoms with Gasteiger partial charge in [0.15, 0.2) is 9.84 Å². The molecule has 25 heavy (non-hydrogen) atoms. The number of hydrogen-bond donors (Lipinski definition) is 0. The molecule has 0 radical (unpaired) electrons. The molecule has 0 aromatic heterocycles. The van der Waals surface area contributed by atoms with E-state index >= 15 is 0 Å². The Morgan fingerprint density at radius 3 is 2.52 bits per heavy atom. The van der Waals surface area contributed by atoms with E-state index < -0.39 is 15.1 Å². The largest absolute Gasteiger partial charge is 0.337 e. The van der Waals surface area contributed by atoms with E-state index in [-0.39, 0.29) is 12.5 Å². The molecule has 1 amide bonds. The molecule has 3 rings (SSSR count). The Morgan fingerprint density at radius 2 is 1.80 bits per heavy atom. The highest BCUT2D eigenvalue weighted by atomic mass is 32.2. The number of sulfone groups is 1. The van der Waals surface area contributed by atoms with Gasteiger partial charge in [-0.1, -0.05) is 37.3 Å². The molecule has 0 N–H and O–H groups in total. The van der Waals surface area contributed by atoms with Crippen LogP contribution in [-0.4, -0.2) is 43.3 Å². The monoisotopic (exact) mass is 375 g/mol. The minimum Gasteiger partial charge on any atom is -0.337 e. The standard InChI is InChI=1S/C19H21NO3S2/c1-2-24-18-11-7-6-10-17(18)19(21)20-13-12-16(14-20)25(22,23)15-8-4-3-5-9-15/h3-11,16H,2,12-14H2,1H3/t16-/m1/s1. The molecule has 2 aromatic carbocycles. The van der Waals surface area contributed by atoms with Crippen molar-refractivity contribution in [3.8, 4) is 0 Å².